The van der Waals surface area contributed by atoms with Crippen LogP contribution in [0.2, 0.25) is 0 Å². The SMILES string of the molecule is O=C(Nc1cccc(-n2cccn2)c1)C1CCCN1Cc1nc2ccccc2[nH]1. The highest BCUT2D eigenvalue weighted by Crippen LogP contribution is 2.23. The predicted molar refractivity (Wildman–Crippen MR) is 112 cm³/mol. The van der Waals surface area contributed by atoms with Gasteiger partial charge in [-0.3, -0.25) is 9.69 Å². The minimum atomic E-state index is -0.156. The second-order valence-electron chi connectivity index (χ2n) is 7.32. The van der Waals surface area contributed by atoms with Crippen LogP contribution in [0.5, 0.6) is 0 Å². The summed E-state index contributed by atoms with van der Waals surface area (Å²) in [7, 11) is 0. The van der Waals surface area contributed by atoms with Crippen molar-refractivity contribution in [1.29, 1.82) is 0 Å². The number of aromatic nitrogens is 4. The van der Waals surface area contributed by atoms with Crippen molar-refractivity contribution in [1.82, 2.24) is 24.6 Å². The Labute approximate surface area is 168 Å². The lowest BCUT2D eigenvalue weighted by molar-refractivity contribution is -0.120. The number of rotatable bonds is 5. The van der Waals surface area contributed by atoms with Crippen LogP contribution in [0.25, 0.3) is 16.7 Å². The Kier molecular flexibility index (Phi) is 4.57. The van der Waals surface area contributed by atoms with Crippen LogP contribution in [0, 0.1) is 0 Å². The molecule has 2 aromatic heterocycles. The van der Waals surface area contributed by atoms with E-state index >= 15 is 0 Å². The van der Waals surface area contributed by atoms with Crippen LogP contribution in [-0.2, 0) is 11.3 Å². The van der Waals surface area contributed by atoms with E-state index in [2.05, 4.69) is 25.3 Å². The average Bonchev–Trinajstić information content (AvgIpc) is 3.48. The molecule has 0 saturated carbocycles. The van der Waals surface area contributed by atoms with Crippen LogP contribution in [0.1, 0.15) is 18.7 Å². The number of hydrogen-bond donors (Lipinski definition) is 2. The largest absolute Gasteiger partial charge is 0.341 e. The molecule has 5 rings (SSSR count). The van der Waals surface area contributed by atoms with Gasteiger partial charge in [-0.05, 0) is 55.8 Å². The quantitative estimate of drug-likeness (QED) is 0.551. The monoisotopic (exact) mass is 386 g/mol. The fourth-order valence-electron chi connectivity index (χ4n) is 3.96. The zero-order valence-electron chi connectivity index (χ0n) is 16.0. The van der Waals surface area contributed by atoms with Crippen molar-refractivity contribution in [3.63, 3.8) is 0 Å². The van der Waals surface area contributed by atoms with Crippen molar-refractivity contribution < 1.29 is 4.79 Å². The van der Waals surface area contributed by atoms with Crippen LogP contribution >= 0.6 is 0 Å². The molecular formula is C22H22N6O. The zero-order valence-corrected chi connectivity index (χ0v) is 16.0. The second-order valence-corrected chi connectivity index (χ2v) is 7.32. The van der Waals surface area contributed by atoms with Gasteiger partial charge in [-0.25, -0.2) is 9.67 Å². The van der Waals surface area contributed by atoms with Gasteiger partial charge in [-0.2, -0.15) is 5.10 Å². The maximum absolute atomic E-state index is 13.0. The van der Waals surface area contributed by atoms with E-state index in [1.165, 1.54) is 0 Å². The second kappa shape index (κ2) is 7.52. The van der Waals surface area contributed by atoms with Gasteiger partial charge in [-0.15, -0.1) is 0 Å². The molecule has 0 aliphatic carbocycles. The molecule has 4 aromatic rings. The van der Waals surface area contributed by atoms with E-state index in [-0.39, 0.29) is 11.9 Å². The van der Waals surface area contributed by atoms with Gasteiger partial charge >= 0.3 is 0 Å². The van der Waals surface area contributed by atoms with E-state index in [0.29, 0.717) is 6.54 Å². The topological polar surface area (TPSA) is 78.8 Å². The Bertz CT molecular complexity index is 1100. The molecule has 2 N–H and O–H groups in total. The third kappa shape index (κ3) is 3.64. The van der Waals surface area contributed by atoms with Crippen LogP contribution < -0.4 is 5.32 Å². The molecule has 1 amide bonds. The Morgan fingerprint density at radius 2 is 2.10 bits per heavy atom. The smallest absolute Gasteiger partial charge is 0.241 e. The third-order valence-corrected chi connectivity index (χ3v) is 5.34. The number of fused-ring (bicyclic) bond motifs is 1. The molecule has 1 saturated heterocycles. The molecule has 0 radical (unpaired) electrons. The summed E-state index contributed by atoms with van der Waals surface area (Å²) < 4.78 is 1.78. The number of nitrogens with one attached hydrogen (secondary N) is 2. The van der Waals surface area contributed by atoms with Crippen LogP contribution in [0.4, 0.5) is 5.69 Å². The van der Waals surface area contributed by atoms with E-state index < -0.39 is 0 Å². The highest BCUT2D eigenvalue weighted by molar-refractivity contribution is 5.95. The minimum Gasteiger partial charge on any atom is -0.341 e. The maximum atomic E-state index is 13.0. The fourth-order valence-corrected chi connectivity index (χ4v) is 3.96. The van der Waals surface area contributed by atoms with Crippen LogP contribution in [0.15, 0.2) is 67.0 Å². The van der Waals surface area contributed by atoms with Gasteiger partial charge in [0, 0.05) is 18.1 Å². The van der Waals surface area contributed by atoms with Gasteiger partial charge in [0.05, 0.1) is 29.3 Å². The van der Waals surface area contributed by atoms with Gasteiger partial charge in [-0.1, -0.05) is 18.2 Å². The number of amides is 1. The number of para-hydroxylation sites is 2. The van der Waals surface area contributed by atoms with Gasteiger partial charge < -0.3 is 10.3 Å². The number of H-pyrrole nitrogens is 1. The summed E-state index contributed by atoms with van der Waals surface area (Å²) in [4.78, 5) is 23.2. The third-order valence-electron chi connectivity index (χ3n) is 5.34. The molecule has 1 fully saturated rings. The molecular weight excluding hydrogens is 364 g/mol. The first-order valence-electron chi connectivity index (χ1n) is 9.85. The Morgan fingerprint density at radius 1 is 1.17 bits per heavy atom. The highest BCUT2D eigenvalue weighted by Gasteiger charge is 2.31. The lowest BCUT2D eigenvalue weighted by Gasteiger charge is -2.22. The number of likely N-dealkylation sites (tertiary alicyclic amines) is 1. The summed E-state index contributed by atoms with van der Waals surface area (Å²) in [6, 6.07) is 17.4. The molecule has 1 atom stereocenters. The van der Waals surface area contributed by atoms with Crippen molar-refractivity contribution in [2.24, 2.45) is 0 Å². The van der Waals surface area contributed by atoms with Crippen LogP contribution in [-0.4, -0.2) is 43.1 Å². The number of hydrogen-bond acceptors (Lipinski definition) is 4. The molecule has 3 heterocycles. The van der Waals surface area contributed by atoms with E-state index in [1.54, 1.807) is 10.9 Å². The molecule has 0 bridgehead atoms. The summed E-state index contributed by atoms with van der Waals surface area (Å²) in [5, 5.41) is 7.32. The highest BCUT2D eigenvalue weighted by atomic mass is 16.2. The molecule has 1 aliphatic heterocycles. The standard InChI is InChI=1S/C22H22N6O/c29-22(24-16-6-3-7-17(14-16)28-13-5-11-23-28)20-10-4-12-27(20)15-21-25-18-8-1-2-9-19(18)26-21/h1-3,5-9,11,13-14,20H,4,10,12,15H2,(H,24,29)(H,25,26). The average molecular weight is 386 g/mol. The fraction of sp³-hybridized carbons (Fsp3) is 0.227. The normalized spacial score (nSPS) is 17.0. The first-order valence-corrected chi connectivity index (χ1v) is 9.85. The summed E-state index contributed by atoms with van der Waals surface area (Å²) in [5.41, 5.74) is 3.67. The van der Waals surface area contributed by atoms with Crippen LogP contribution in [0.3, 0.4) is 0 Å². The number of benzene rings is 2. The van der Waals surface area contributed by atoms with E-state index in [1.807, 2.05) is 60.8 Å². The number of carbonyl (C=O) groups excluding carboxylic acids is 1. The molecule has 1 unspecified atom stereocenters. The predicted octanol–water partition coefficient (Wildman–Crippen LogP) is 3.35. The summed E-state index contributed by atoms with van der Waals surface area (Å²) in [6.45, 7) is 1.53. The Balaban J connectivity index is 1.29. The van der Waals surface area contributed by atoms with Gasteiger partial charge in [0.1, 0.15) is 5.82 Å². The van der Waals surface area contributed by atoms with E-state index in [0.717, 1.165) is 47.6 Å². The van der Waals surface area contributed by atoms with Crippen molar-refractivity contribution >= 4 is 22.6 Å². The lowest BCUT2D eigenvalue weighted by Crippen LogP contribution is -2.39. The first kappa shape index (κ1) is 17.6. The zero-order chi connectivity index (χ0) is 19.6. The summed E-state index contributed by atoms with van der Waals surface area (Å²) in [6.07, 6.45) is 5.48. The van der Waals surface area contributed by atoms with Crippen molar-refractivity contribution in [3.05, 3.63) is 72.8 Å². The van der Waals surface area contributed by atoms with Gasteiger partial charge in [0.25, 0.3) is 0 Å². The van der Waals surface area contributed by atoms with Crippen molar-refractivity contribution in [2.75, 3.05) is 11.9 Å². The van der Waals surface area contributed by atoms with Gasteiger partial charge in [0.15, 0.2) is 0 Å². The maximum Gasteiger partial charge on any atom is 0.241 e. The number of imidazole rings is 1. The number of anilines is 1. The minimum absolute atomic E-state index is 0.0243. The molecule has 29 heavy (non-hydrogen) atoms. The van der Waals surface area contributed by atoms with Gasteiger partial charge in [0.2, 0.25) is 5.91 Å². The molecule has 2 aromatic carbocycles. The van der Waals surface area contributed by atoms with E-state index in [9.17, 15) is 4.79 Å². The number of nitrogens with zero attached hydrogens (tertiary/aromatic N) is 4. The van der Waals surface area contributed by atoms with E-state index in [4.69, 9.17) is 0 Å². The number of carbonyl (C=O) groups is 1. The Morgan fingerprint density at radius 3 is 2.97 bits per heavy atom. The summed E-state index contributed by atoms with van der Waals surface area (Å²) in [5.74, 6) is 0.919. The van der Waals surface area contributed by atoms with Crippen molar-refractivity contribution in [3.8, 4) is 5.69 Å². The number of aromatic amines is 1. The Hall–Kier alpha value is -3.45. The molecule has 7 heteroatoms. The van der Waals surface area contributed by atoms with Crippen molar-refractivity contribution in [2.45, 2.75) is 25.4 Å². The summed E-state index contributed by atoms with van der Waals surface area (Å²) >= 11 is 0. The molecule has 7 nitrogen and oxygen atoms in total. The first-order chi connectivity index (χ1) is 14.3. The lowest BCUT2D eigenvalue weighted by atomic mass is 10.2. The molecule has 0 spiro atoms. The molecule has 146 valence electrons. The molecule has 1 aliphatic rings.